The van der Waals surface area contributed by atoms with Gasteiger partial charge in [0.25, 0.3) is 0 Å². The van der Waals surface area contributed by atoms with Crippen molar-refractivity contribution >= 4 is 11.6 Å². The Labute approximate surface area is 120 Å². The highest BCUT2D eigenvalue weighted by Crippen LogP contribution is 2.25. The molecule has 1 aromatic rings. The lowest BCUT2D eigenvalue weighted by molar-refractivity contribution is -0.0699. The molecule has 1 heterocycles. The van der Waals surface area contributed by atoms with Crippen LogP contribution in [0.5, 0.6) is 5.75 Å². The molecule has 0 radical (unpaired) electrons. The summed E-state index contributed by atoms with van der Waals surface area (Å²) in [6, 6.07) is 5.87. The second kappa shape index (κ2) is 6.60. The van der Waals surface area contributed by atoms with Crippen molar-refractivity contribution in [3.05, 3.63) is 28.8 Å². The second-order valence-electron chi connectivity index (χ2n) is 5.30. The number of morpholine rings is 1. The van der Waals surface area contributed by atoms with E-state index in [0.717, 1.165) is 30.9 Å². The van der Waals surface area contributed by atoms with Crippen molar-refractivity contribution < 1.29 is 9.47 Å². The molecule has 19 heavy (non-hydrogen) atoms. The Bertz CT molecular complexity index is 415. The Kier molecular flexibility index (Phi) is 5.08. The Morgan fingerprint density at radius 3 is 2.63 bits per heavy atom. The molecule has 0 aliphatic carbocycles. The van der Waals surface area contributed by atoms with Gasteiger partial charge in [-0.1, -0.05) is 17.7 Å². The zero-order valence-electron chi connectivity index (χ0n) is 11.9. The first kappa shape index (κ1) is 14.6. The third-order valence-corrected chi connectivity index (χ3v) is 3.54. The van der Waals surface area contributed by atoms with Gasteiger partial charge in [-0.05, 0) is 38.5 Å². The summed E-state index contributed by atoms with van der Waals surface area (Å²) in [5.41, 5.74) is 1.15. The molecule has 0 saturated carbocycles. The van der Waals surface area contributed by atoms with Gasteiger partial charge in [0.2, 0.25) is 0 Å². The van der Waals surface area contributed by atoms with Crippen LogP contribution in [0.25, 0.3) is 0 Å². The Morgan fingerprint density at radius 1 is 1.32 bits per heavy atom. The summed E-state index contributed by atoms with van der Waals surface area (Å²) in [5, 5.41) is 0.684. The highest BCUT2D eigenvalue weighted by atomic mass is 35.5. The number of ether oxygens (including phenoxy) is 2. The lowest BCUT2D eigenvalue weighted by Gasteiger charge is -2.35. The lowest BCUT2D eigenvalue weighted by atomic mass is 10.2. The topological polar surface area (TPSA) is 21.7 Å². The minimum absolute atomic E-state index is 0.298. The van der Waals surface area contributed by atoms with Gasteiger partial charge in [0.05, 0.1) is 17.2 Å². The first-order chi connectivity index (χ1) is 9.04. The Hall–Kier alpha value is -0.770. The minimum Gasteiger partial charge on any atom is -0.491 e. The summed E-state index contributed by atoms with van der Waals surface area (Å²) in [4.78, 5) is 2.38. The van der Waals surface area contributed by atoms with Crippen LogP contribution in [-0.2, 0) is 4.74 Å². The predicted octanol–water partition coefficient (Wildman–Crippen LogP) is 3.14. The van der Waals surface area contributed by atoms with Crippen LogP contribution in [0, 0.1) is 6.92 Å². The van der Waals surface area contributed by atoms with E-state index in [1.165, 1.54) is 0 Å². The van der Waals surface area contributed by atoms with Gasteiger partial charge in [0.1, 0.15) is 12.4 Å². The van der Waals surface area contributed by atoms with Gasteiger partial charge in [-0.25, -0.2) is 0 Å². The van der Waals surface area contributed by atoms with Crippen molar-refractivity contribution in [1.29, 1.82) is 0 Å². The summed E-state index contributed by atoms with van der Waals surface area (Å²) >= 11 is 6.14. The quantitative estimate of drug-likeness (QED) is 0.847. The van der Waals surface area contributed by atoms with Crippen LogP contribution in [0.2, 0.25) is 5.02 Å². The summed E-state index contributed by atoms with van der Waals surface area (Å²) in [7, 11) is 0. The lowest BCUT2D eigenvalue weighted by Crippen LogP contribution is -2.46. The van der Waals surface area contributed by atoms with E-state index in [4.69, 9.17) is 21.1 Å². The largest absolute Gasteiger partial charge is 0.491 e. The number of hydrogen-bond acceptors (Lipinski definition) is 3. The summed E-state index contributed by atoms with van der Waals surface area (Å²) in [6.45, 7) is 9.74. The van der Waals surface area contributed by atoms with Crippen molar-refractivity contribution in [3.63, 3.8) is 0 Å². The maximum Gasteiger partial charge on any atom is 0.137 e. The molecule has 0 spiro atoms. The normalized spacial score (nSPS) is 24.4. The molecule has 3 nitrogen and oxygen atoms in total. The molecule has 1 aromatic carbocycles. The molecule has 0 aromatic heterocycles. The van der Waals surface area contributed by atoms with Gasteiger partial charge >= 0.3 is 0 Å². The van der Waals surface area contributed by atoms with Crippen LogP contribution in [0.15, 0.2) is 18.2 Å². The number of benzene rings is 1. The molecule has 0 bridgehead atoms. The van der Waals surface area contributed by atoms with E-state index >= 15 is 0 Å². The molecule has 0 unspecified atom stereocenters. The molecule has 106 valence electrons. The molecule has 0 amide bonds. The molecular weight excluding hydrogens is 262 g/mol. The van der Waals surface area contributed by atoms with E-state index in [2.05, 4.69) is 18.7 Å². The molecule has 4 heteroatoms. The van der Waals surface area contributed by atoms with Gasteiger partial charge in [-0.3, -0.25) is 4.90 Å². The Morgan fingerprint density at radius 2 is 2.00 bits per heavy atom. The van der Waals surface area contributed by atoms with E-state index < -0.39 is 0 Å². The van der Waals surface area contributed by atoms with Crippen LogP contribution >= 0.6 is 11.6 Å². The van der Waals surface area contributed by atoms with Gasteiger partial charge in [0, 0.05) is 19.6 Å². The smallest absolute Gasteiger partial charge is 0.137 e. The SMILES string of the molecule is Cc1ccc(OCCN2C[C@H](C)O[C@@H](C)C2)c(Cl)c1. The van der Waals surface area contributed by atoms with Crippen molar-refractivity contribution in [2.24, 2.45) is 0 Å². The summed E-state index contributed by atoms with van der Waals surface area (Å²) in [5.74, 6) is 0.765. The van der Waals surface area contributed by atoms with Gasteiger partial charge in [-0.15, -0.1) is 0 Å². The van der Waals surface area contributed by atoms with Crippen molar-refractivity contribution in [3.8, 4) is 5.75 Å². The van der Waals surface area contributed by atoms with Crippen molar-refractivity contribution in [2.75, 3.05) is 26.2 Å². The maximum absolute atomic E-state index is 6.14. The molecule has 1 aliphatic heterocycles. The average molecular weight is 284 g/mol. The van der Waals surface area contributed by atoms with Crippen LogP contribution in [0.4, 0.5) is 0 Å². The van der Waals surface area contributed by atoms with E-state index in [1.54, 1.807) is 0 Å². The average Bonchev–Trinajstić information content (AvgIpc) is 2.30. The predicted molar refractivity (Wildman–Crippen MR) is 78.1 cm³/mol. The van der Waals surface area contributed by atoms with E-state index in [-0.39, 0.29) is 0 Å². The molecule has 1 aliphatic rings. The zero-order valence-corrected chi connectivity index (χ0v) is 12.6. The molecule has 1 fully saturated rings. The summed E-state index contributed by atoms with van der Waals surface area (Å²) in [6.07, 6.45) is 0.596. The first-order valence-electron chi connectivity index (χ1n) is 6.81. The number of nitrogens with zero attached hydrogens (tertiary/aromatic N) is 1. The van der Waals surface area contributed by atoms with E-state index in [0.29, 0.717) is 23.8 Å². The fourth-order valence-electron chi connectivity index (χ4n) is 2.47. The van der Waals surface area contributed by atoms with Gasteiger partial charge < -0.3 is 9.47 Å². The van der Waals surface area contributed by atoms with Gasteiger partial charge in [0.15, 0.2) is 0 Å². The van der Waals surface area contributed by atoms with E-state index in [1.807, 2.05) is 25.1 Å². The second-order valence-corrected chi connectivity index (χ2v) is 5.71. The first-order valence-corrected chi connectivity index (χ1v) is 7.19. The monoisotopic (exact) mass is 283 g/mol. The summed E-state index contributed by atoms with van der Waals surface area (Å²) < 4.78 is 11.5. The fourth-order valence-corrected chi connectivity index (χ4v) is 2.76. The number of aryl methyl sites for hydroxylation is 1. The Balaban J connectivity index is 1.80. The molecule has 2 atom stereocenters. The molecule has 2 rings (SSSR count). The zero-order chi connectivity index (χ0) is 13.8. The van der Waals surface area contributed by atoms with E-state index in [9.17, 15) is 0 Å². The van der Waals surface area contributed by atoms with Crippen LogP contribution in [-0.4, -0.2) is 43.3 Å². The minimum atomic E-state index is 0.298. The highest BCUT2D eigenvalue weighted by Gasteiger charge is 2.21. The van der Waals surface area contributed by atoms with Crippen LogP contribution in [0.1, 0.15) is 19.4 Å². The maximum atomic E-state index is 6.14. The van der Waals surface area contributed by atoms with Crippen molar-refractivity contribution in [1.82, 2.24) is 4.90 Å². The fraction of sp³-hybridized carbons (Fsp3) is 0.600. The third kappa shape index (κ3) is 4.37. The van der Waals surface area contributed by atoms with Crippen LogP contribution in [0.3, 0.4) is 0 Å². The molecular formula is C15H22ClNO2. The number of hydrogen-bond donors (Lipinski definition) is 0. The standard InChI is InChI=1S/C15H22ClNO2/c1-11-4-5-15(14(16)8-11)18-7-6-17-9-12(2)19-13(3)10-17/h4-5,8,12-13H,6-7,9-10H2,1-3H3/t12-,13-/m0/s1. The third-order valence-electron chi connectivity index (χ3n) is 3.25. The molecule has 1 saturated heterocycles. The van der Waals surface area contributed by atoms with Gasteiger partial charge in [-0.2, -0.15) is 0 Å². The number of rotatable bonds is 4. The van der Waals surface area contributed by atoms with Crippen molar-refractivity contribution in [2.45, 2.75) is 33.0 Å². The number of halogens is 1. The van der Waals surface area contributed by atoms with Crippen LogP contribution < -0.4 is 4.74 Å². The molecule has 0 N–H and O–H groups in total. The highest BCUT2D eigenvalue weighted by molar-refractivity contribution is 6.32.